The number of rotatable bonds is 0. The van der Waals surface area contributed by atoms with Gasteiger partial charge in [0.1, 0.15) is 0 Å². The molecule has 0 N–H and O–H groups in total. The largest absolute Gasteiger partial charge is 0.419 e. The first-order valence-electron chi connectivity index (χ1n) is 2.79. The minimum absolute atomic E-state index is 0.150. The summed E-state index contributed by atoms with van der Waals surface area (Å²) < 4.78 is 36.4. The molecule has 1 aromatic heterocycles. The van der Waals surface area contributed by atoms with Crippen molar-refractivity contribution in [2.75, 3.05) is 0 Å². The zero-order valence-electron chi connectivity index (χ0n) is 5.49. The van der Waals surface area contributed by atoms with E-state index in [-0.39, 0.29) is 4.47 Å². The Morgan fingerprint density at radius 3 is 2.25 bits per heavy atom. The first-order valence-corrected chi connectivity index (χ1v) is 3.96. The van der Waals surface area contributed by atoms with Crippen LogP contribution in [-0.4, -0.2) is 4.98 Å². The van der Waals surface area contributed by atoms with Crippen LogP contribution in [0.1, 0.15) is 5.56 Å². The topological polar surface area (TPSA) is 12.9 Å². The highest BCUT2D eigenvalue weighted by molar-refractivity contribution is 9.10. The average molecular weight is 260 g/mol. The average Bonchev–Trinajstić information content (AvgIpc) is 1.82. The molecule has 0 amide bonds. The van der Waals surface area contributed by atoms with Crippen LogP contribution in [0.3, 0.4) is 0 Å². The lowest BCUT2D eigenvalue weighted by Gasteiger charge is -2.09. The summed E-state index contributed by atoms with van der Waals surface area (Å²) in [6.45, 7) is 0. The van der Waals surface area contributed by atoms with Gasteiger partial charge in [-0.3, -0.25) is 4.98 Å². The Balaban J connectivity index is 3.31. The Morgan fingerprint density at radius 2 is 1.92 bits per heavy atom. The summed E-state index contributed by atoms with van der Waals surface area (Å²) in [4.78, 5) is 3.48. The van der Waals surface area contributed by atoms with Gasteiger partial charge in [-0.1, -0.05) is 11.6 Å². The normalized spacial score (nSPS) is 11.8. The summed E-state index contributed by atoms with van der Waals surface area (Å²) in [6.07, 6.45) is -2.44. The third-order valence-electron chi connectivity index (χ3n) is 1.14. The standard InChI is InChI=1S/C6H2BrClF3N/c7-3-1-12-2-4(8)5(3)6(9,10)11/h1-2H. The van der Waals surface area contributed by atoms with Gasteiger partial charge in [0, 0.05) is 16.9 Å². The van der Waals surface area contributed by atoms with Gasteiger partial charge in [0.25, 0.3) is 0 Å². The van der Waals surface area contributed by atoms with Crippen molar-refractivity contribution >= 4 is 27.5 Å². The van der Waals surface area contributed by atoms with E-state index >= 15 is 0 Å². The first kappa shape index (κ1) is 9.80. The monoisotopic (exact) mass is 259 g/mol. The van der Waals surface area contributed by atoms with E-state index in [4.69, 9.17) is 11.6 Å². The molecule has 6 heteroatoms. The molecular formula is C6H2BrClF3N. The van der Waals surface area contributed by atoms with Gasteiger partial charge in [-0.05, 0) is 15.9 Å². The molecule has 1 aromatic rings. The third-order valence-corrected chi connectivity index (χ3v) is 2.02. The van der Waals surface area contributed by atoms with Crippen LogP contribution in [0.15, 0.2) is 16.9 Å². The van der Waals surface area contributed by atoms with Crippen molar-refractivity contribution in [3.63, 3.8) is 0 Å². The molecule has 0 saturated carbocycles. The molecular weight excluding hydrogens is 258 g/mol. The Morgan fingerprint density at radius 1 is 1.33 bits per heavy atom. The van der Waals surface area contributed by atoms with Gasteiger partial charge in [0.05, 0.1) is 10.6 Å². The fourth-order valence-electron chi connectivity index (χ4n) is 0.682. The van der Waals surface area contributed by atoms with Gasteiger partial charge in [-0.2, -0.15) is 13.2 Å². The summed E-state index contributed by atoms with van der Waals surface area (Å²) in [7, 11) is 0. The van der Waals surface area contributed by atoms with Crippen LogP contribution in [0, 0.1) is 0 Å². The van der Waals surface area contributed by atoms with Crippen molar-refractivity contribution in [2.24, 2.45) is 0 Å². The van der Waals surface area contributed by atoms with Gasteiger partial charge in [0.15, 0.2) is 0 Å². The number of hydrogen-bond acceptors (Lipinski definition) is 1. The molecule has 1 nitrogen and oxygen atoms in total. The van der Waals surface area contributed by atoms with Gasteiger partial charge in [-0.15, -0.1) is 0 Å². The van der Waals surface area contributed by atoms with Crippen LogP contribution in [0.5, 0.6) is 0 Å². The Kier molecular flexibility index (Phi) is 2.63. The van der Waals surface area contributed by atoms with Crippen molar-refractivity contribution in [3.05, 3.63) is 27.5 Å². The Bertz CT molecular complexity index is 279. The lowest BCUT2D eigenvalue weighted by Crippen LogP contribution is -2.07. The second-order valence-electron chi connectivity index (χ2n) is 1.98. The third kappa shape index (κ3) is 1.90. The van der Waals surface area contributed by atoms with Crippen LogP contribution < -0.4 is 0 Å². The summed E-state index contributed by atoms with van der Waals surface area (Å²) in [5.74, 6) is 0. The molecule has 0 atom stereocenters. The van der Waals surface area contributed by atoms with Crippen molar-refractivity contribution in [1.82, 2.24) is 4.98 Å². The molecule has 0 aliphatic rings. The molecule has 66 valence electrons. The lowest BCUT2D eigenvalue weighted by atomic mass is 10.3. The summed E-state index contributed by atoms with van der Waals surface area (Å²) in [5.41, 5.74) is -0.890. The molecule has 0 bridgehead atoms. The second kappa shape index (κ2) is 3.22. The van der Waals surface area contributed by atoms with Gasteiger partial charge in [0.2, 0.25) is 0 Å². The number of alkyl halides is 3. The summed E-state index contributed by atoms with van der Waals surface area (Å²) >= 11 is 8.02. The minimum Gasteiger partial charge on any atom is -0.262 e. The maximum atomic E-state index is 12.2. The number of aromatic nitrogens is 1. The van der Waals surface area contributed by atoms with Crippen LogP contribution in [0.4, 0.5) is 13.2 Å². The molecule has 0 fully saturated rings. The fourth-order valence-corrected chi connectivity index (χ4v) is 1.62. The van der Waals surface area contributed by atoms with E-state index in [9.17, 15) is 13.2 Å². The second-order valence-corrected chi connectivity index (χ2v) is 3.24. The van der Waals surface area contributed by atoms with E-state index in [1.165, 1.54) is 0 Å². The van der Waals surface area contributed by atoms with E-state index in [0.717, 1.165) is 12.4 Å². The van der Waals surface area contributed by atoms with E-state index in [1.807, 2.05) is 0 Å². The fraction of sp³-hybridized carbons (Fsp3) is 0.167. The van der Waals surface area contributed by atoms with Crippen molar-refractivity contribution in [2.45, 2.75) is 6.18 Å². The molecule has 0 unspecified atom stereocenters. The summed E-state index contributed by atoms with van der Waals surface area (Å²) in [5, 5.41) is -0.406. The Labute approximate surface area is 79.7 Å². The van der Waals surface area contributed by atoms with Crippen molar-refractivity contribution < 1.29 is 13.2 Å². The number of pyridine rings is 1. The van der Waals surface area contributed by atoms with Gasteiger partial charge >= 0.3 is 6.18 Å². The highest BCUT2D eigenvalue weighted by atomic mass is 79.9. The van der Waals surface area contributed by atoms with Crippen molar-refractivity contribution in [3.8, 4) is 0 Å². The zero-order valence-corrected chi connectivity index (χ0v) is 7.83. The van der Waals surface area contributed by atoms with Crippen LogP contribution in [0.2, 0.25) is 5.02 Å². The highest BCUT2D eigenvalue weighted by Gasteiger charge is 2.35. The smallest absolute Gasteiger partial charge is 0.262 e. The predicted molar refractivity (Wildman–Crippen MR) is 41.9 cm³/mol. The number of hydrogen-bond donors (Lipinski definition) is 0. The lowest BCUT2D eigenvalue weighted by molar-refractivity contribution is -0.138. The quantitative estimate of drug-likeness (QED) is 0.695. The molecule has 0 aliphatic heterocycles. The minimum atomic E-state index is -4.45. The van der Waals surface area contributed by atoms with E-state index in [2.05, 4.69) is 20.9 Å². The molecule has 1 rings (SSSR count). The maximum Gasteiger partial charge on any atom is 0.419 e. The van der Waals surface area contributed by atoms with E-state index in [0.29, 0.717) is 0 Å². The highest BCUT2D eigenvalue weighted by Crippen LogP contribution is 2.38. The molecule has 0 aliphatic carbocycles. The SMILES string of the molecule is FC(F)(F)c1c(Cl)cncc1Br. The molecule has 1 heterocycles. The molecule has 0 radical (unpaired) electrons. The van der Waals surface area contributed by atoms with Crippen LogP contribution in [0.25, 0.3) is 0 Å². The van der Waals surface area contributed by atoms with Crippen LogP contribution >= 0.6 is 27.5 Å². The zero-order chi connectivity index (χ0) is 9.35. The van der Waals surface area contributed by atoms with Crippen molar-refractivity contribution in [1.29, 1.82) is 0 Å². The van der Waals surface area contributed by atoms with Gasteiger partial charge in [-0.25, -0.2) is 0 Å². The number of halogens is 5. The molecule has 0 saturated heterocycles. The van der Waals surface area contributed by atoms with Gasteiger partial charge < -0.3 is 0 Å². The molecule has 12 heavy (non-hydrogen) atoms. The maximum absolute atomic E-state index is 12.2. The summed E-state index contributed by atoms with van der Waals surface area (Å²) in [6, 6.07) is 0. The molecule has 0 spiro atoms. The number of nitrogens with zero attached hydrogens (tertiary/aromatic N) is 1. The molecule has 0 aromatic carbocycles. The van der Waals surface area contributed by atoms with E-state index < -0.39 is 16.8 Å². The van der Waals surface area contributed by atoms with E-state index in [1.54, 1.807) is 0 Å². The first-order chi connectivity index (χ1) is 5.43. The predicted octanol–water partition coefficient (Wildman–Crippen LogP) is 3.52. The van der Waals surface area contributed by atoms with Crippen LogP contribution in [-0.2, 0) is 6.18 Å². The Hall–Kier alpha value is -0.290.